The average molecular weight is 373 g/mol. The summed E-state index contributed by atoms with van der Waals surface area (Å²) in [6, 6.07) is 5.19. The van der Waals surface area contributed by atoms with Gasteiger partial charge in [-0.3, -0.25) is 4.90 Å². The second kappa shape index (κ2) is 8.54. The fourth-order valence-corrected chi connectivity index (χ4v) is 3.48. The molecule has 2 amide bonds. The van der Waals surface area contributed by atoms with Crippen molar-refractivity contribution in [2.75, 3.05) is 39.5 Å². The van der Waals surface area contributed by atoms with Crippen molar-refractivity contribution in [3.63, 3.8) is 0 Å². The molecule has 0 bridgehead atoms. The number of morpholine rings is 1. The molecule has 0 saturated carbocycles. The summed E-state index contributed by atoms with van der Waals surface area (Å²) in [4.78, 5) is 27.4. The monoisotopic (exact) mass is 373 g/mol. The highest BCUT2D eigenvalue weighted by Gasteiger charge is 2.35. The average Bonchev–Trinajstić information content (AvgIpc) is 2.64. The van der Waals surface area contributed by atoms with E-state index in [2.05, 4.69) is 15.5 Å². The van der Waals surface area contributed by atoms with Crippen LogP contribution in [0.5, 0.6) is 0 Å². The first-order valence-electron chi connectivity index (χ1n) is 9.34. The van der Waals surface area contributed by atoms with Crippen molar-refractivity contribution in [2.24, 2.45) is 0 Å². The smallest absolute Gasteiger partial charge is 0.338 e. The minimum atomic E-state index is -0.534. The maximum Gasteiger partial charge on any atom is 0.338 e. The third kappa shape index (κ3) is 4.48. The number of esters is 1. The molecule has 7 nitrogen and oxygen atoms in total. The van der Waals surface area contributed by atoms with Crippen molar-refractivity contribution < 1.29 is 19.1 Å². The van der Waals surface area contributed by atoms with E-state index in [1.807, 2.05) is 32.0 Å². The molecule has 0 spiro atoms. The van der Waals surface area contributed by atoms with Crippen LogP contribution in [0.2, 0.25) is 0 Å². The Hall–Kier alpha value is -2.38. The number of urea groups is 1. The Kier molecular flexibility index (Phi) is 6.13. The van der Waals surface area contributed by atoms with Gasteiger partial charge in [-0.2, -0.15) is 0 Å². The molecule has 1 atom stereocenters. The molecule has 2 aliphatic rings. The van der Waals surface area contributed by atoms with Crippen LogP contribution in [0.1, 0.15) is 29.7 Å². The molecule has 0 radical (unpaired) electrons. The van der Waals surface area contributed by atoms with Gasteiger partial charge in [-0.25, -0.2) is 9.59 Å². The molecule has 3 rings (SSSR count). The second-order valence-electron chi connectivity index (χ2n) is 6.89. The van der Waals surface area contributed by atoms with E-state index < -0.39 is 12.0 Å². The van der Waals surface area contributed by atoms with Gasteiger partial charge >= 0.3 is 12.0 Å². The van der Waals surface area contributed by atoms with Crippen molar-refractivity contribution in [3.8, 4) is 0 Å². The number of hydrogen-bond donors (Lipinski definition) is 2. The van der Waals surface area contributed by atoms with Crippen LogP contribution in [0.4, 0.5) is 4.79 Å². The third-order valence-electron chi connectivity index (χ3n) is 4.88. The lowest BCUT2D eigenvalue weighted by Crippen LogP contribution is -2.49. The zero-order chi connectivity index (χ0) is 19.4. The first-order valence-corrected chi connectivity index (χ1v) is 9.34. The summed E-state index contributed by atoms with van der Waals surface area (Å²) in [6.07, 6.45) is 0. The largest absolute Gasteiger partial charge is 0.463 e. The molecular formula is C20H27N3O4. The summed E-state index contributed by atoms with van der Waals surface area (Å²) < 4.78 is 10.7. The molecule has 1 aromatic carbocycles. The predicted molar refractivity (Wildman–Crippen MR) is 101 cm³/mol. The number of nitrogens with zero attached hydrogens (tertiary/aromatic N) is 1. The van der Waals surface area contributed by atoms with Gasteiger partial charge in [0, 0.05) is 25.3 Å². The van der Waals surface area contributed by atoms with Crippen LogP contribution in [0.3, 0.4) is 0 Å². The highest BCUT2D eigenvalue weighted by molar-refractivity contribution is 5.95. The van der Waals surface area contributed by atoms with Crippen molar-refractivity contribution in [2.45, 2.75) is 26.8 Å². The number of carbonyl (C=O) groups is 2. The van der Waals surface area contributed by atoms with Gasteiger partial charge in [-0.15, -0.1) is 0 Å². The van der Waals surface area contributed by atoms with E-state index in [4.69, 9.17) is 9.47 Å². The Morgan fingerprint density at radius 1 is 1.30 bits per heavy atom. The van der Waals surface area contributed by atoms with Crippen molar-refractivity contribution in [3.05, 3.63) is 46.2 Å². The number of hydrogen-bond acceptors (Lipinski definition) is 5. The lowest BCUT2D eigenvalue weighted by atomic mass is 9.91. The molecule has 0 aliphatic carbocycles. The van der Waals surface area contributed by atoms with Gasteiger partial charge in [0.05, 0.1) is 31.4 Å². The molecule has 1 saturated heterocycles. The van der Waals surface area contributed by atoms with Gasteiger partial charge in [0.15, 0.2) is 0 Å². The lowest BCUT2D eigenvalue weighted by Gasteiger charge is -2.34. The number of carbonyl (C=O) groups excluding carboxylic acids is 2. The minimum absolute atomic E-state index is 0.278. The summed E-state index contributed by atoms with van der Waals surface area (Å²) in [5, 5.41) is 5.74. The summed E-state index contributed by atoms with van der Waals surface area (Å²) in [5.41, 5.74) is 4.07. The van der Waals surface area contributed by atoms with E-state index in [-0.39, 0.29) is 12.6 Å². The predicted octanol–water partition coefficient (Wildman–Crippen LogP) is 1.81. The quantitative estimate of drug-likeness (QED) is 0.770. The van der Waals surface area contributed by atoms with Gasteiger partial charge < -0.3 is 20.1 Å². The number of nitrogens with one attached hydrogen (secondary N) is 2. The second-order valence-corrected chi connectivity index (χ2v) is 6.89. The van der Waals surface area contributed by atoms with Crippen LogP contribution in [0.25, 0.3) is 0 Å². The van der Waals surface area contributed by atoms with Gasteiger partial charge in [0.2, 0.25) is 0 Å². The highest BCUT2D eigenvalue weighted by Crippen LogP contribution is 2.30. The normalized spacial score (nSPS) is 20.9. The van der Waals surface area contributed by atoms with Crippen LogP contribution in [-0.2, 0) is 14.3 Å². The molecule has 0 aromatic heterocycles. The summed E-state index contributed by atoms with van der Waals surface area (Å²) in [5.74, 6) is -0.404. The number of ether oxygens (including phenoxy) is 2. The van der Waals surface area contributed by atoms with Crippen LogP contribution >= 0.6 is 0 Å². The van der Waals surface area contributed by atoms with E-state index in [0.717, 1.165) is 29.8 Å². The summed E-state index contributed by atoms with van der Waals surface area (Å²) >= 11 is 0. The molecule has 2 aliphatic heterocycles. The molecule has 7 heteroatoms. The first-order chi connectivity index (χ1) is 13.0. The number of rotatable bonds is 5. The Morgan fingerprint density at radius 3 is 2.74 bits per heavy atom. The molecule has 0 unspecified atom stereocenters. The van der Waals surface area contributed by atoms with Crippen molar-refractivity contribution in [1.82, 2.24) is 15.5 Å². The van der Waals surface area contributed by atoms with Crippen LogP contribution < -0.4 is 10.6 Å². The van der Waals surface area contributed by atoms with E-state index in [0.29, 0.717) is 31.0 Å². The van der Waals surface area contributed by atoms with E-state index >= 15 is 0 Å². The lowest BCUT2D eigenvalue weighted by molar-refractivity contribution is -0.139. The van der Waals surface area contributed by atoms with Crippen LogP contribution in [0.15, 0.2) is 29.5 Å². The fourth-order valence-electron chi connectivity index (χ4n) is 3.48. The SMILES string of the molecule is CCOC(=O)C1=C(CN2CCOCC2)NC(=O)N[C@@H]1c1cc(C)ccc1C. The first kappa shape index (κ1) is 19.4. The van der Waals surface area contributed by atoms with Crippen molar-refractivity contribution in [1.29, 1.82) is 0 Å². The zero-order valence-electron chi connectivity index (χ0n) is 16.1. The Balaban J connectivity index is 2.03. The highest BCUT2D eigenvalue weighted by atomic mass is 16.5. The Bertz CT molecular complexity index is 754. The molecule has 27 heavy (non-hydrogen) atoms. The van der Waals surface area contributed by atoms with Crippen molar-refractivity contribution >= 4 is 12.0 Å². The molecule has 1 aromatic rings. The van der Waals surface area contributed by atoms with Gasteiger partial charge in [-0.1, -0.05) is 23.8 Å². The third-order valence-corrected chi connectivity index (χ3v) is 4.88. The van der Waals surface area contributed by atoms with E-state index in [9.17, 15) is 9.59 Å². The van der Waals surface area contributed by atoms with Gasteiger partial charge in [0.25, 0.3) is 0 Å². The van der Waals surface area contributed by atoms with Gasteiger partial charge in [0.1, 0.15) is 0 Å². The van der Waals surface area contributed by atoms with E-state index in [1.54, 1.807) is 6.92 Å². The zero-order valence-corrected chi connectivity index (χ0v) is 16.1. The summed E-state index contributed by atoms with van der Waals surface area (Å²) in [7, 11) is 0. The molecule has 2 N–H and O–H groups in total. The maximum atomic E-state index is 12.8. The summed E-state index contributed by atoms with van der Waals surface area (Å²) in [6.45, 7) is 9.33. The van der Waals surface area contributed by atoms with E-state index in [1.165, 1.54) is 0 Å². The Morgan fingerprint density at radius 2 is 2.04 bits per heavy atom. The number of amides is 2. The Labute approximate surface area is 159 Å². The molecule has 146 valence electrons. The standard InChI is InChI=1S/C20H27N3O4/c1-4-27-19(24)17-16(12-23-7-9-26-10-8-23)21-20(25)22-18(17)15-11-13(2)5-6-14(15)3/h5-6,11,18H,4,7-10,12H2,1-3H3,(H2,21,22,25)/t18-/m1/s1. The fraction of sp³-hybridized carbons (Fsp3) is 0.500. The molecule has 1 fully saturated rings. The van der Waals surface area contributed by atoms with Crippen LogP contribution in [0, 0.1) is 13.8 Å². The minimum Gasteiger partial charge on any atom is -0.463 e. The van der Waals surface area contributed by atoms with Gasteiger partial charge in [-0.05, 0) is 31.9 Å². The maximum absolute atomic E-state index is 12.8. The number of benzene rings is 1. The number of aryl methyl sites for hydroxylation is 2. The van der Waals surface area contributed by atoms with Crippen LogP contribution in [-0.4, -0.2) is 56.4 Å². The molecular weight excluding hydrogens is 346 g/mol. The molecule has 2 heterocycles. The topological polar surface area (TPSA) is 79.9 Å².